The number of fused-ring (bicyclic) bond motifs is 2. The number of para-hydroxylation sites is 3. The minimum Gasteiger partial charge on any atom is -0.377 e. The van der Waals surface area contributed by atoms with Crippen LogP contribution in [0, 0.1) is 0 Å². The Labute approximate surface area is 201 Å². The van der Waals surface area contributed by atoms with E-state index in [1.54, 1.807) is 11.3 Å². The number of imidazole rings is 1. The number of thiazole rings is 1. The average molecular weight is 472 g/mol. The number of carbonyl (C=O) groups excluding carboxylic acids is 1. The van der Waals surface area contributed by atoms with E-state index in [2.05, 4.69) is 41.8 Å². The molecule has 3 N–H and O–H groups in total. The van der Waals surface area contributed by atoms with Crippen molar-refractivity contribution >= 4 is 45.0 Å². The molecule has 2 aliphatic rings. The SMILES string of the molecule is O=C(Nc1ccccc1-c1csc2nc(CN3CCNCC3)cn12)C1=Nc2ccccc2NC1. The van der Waals surface area contributed by atoms with E-state index in [0.717, 1.165) is 71.7 Å². The standard InChI is InChI=1S/C25H25N7OS/c33-24(22-13-27-20-7-3-4-8-21(20)29-22)30-19-6-2-1-5-18(19)23-16-34-25-28-17(15-32(23)25)14-31-11-9-26-10-12-31/h1-8,15-16,26-27H,9-14H2,(H,30,33). The lowest BCUT2D eigenvalue weighted by atomic mass is 10.1. The molecule has 0 spiro atoms. The van der Waals surface area contributed by atoms with Crippen molar-refractivity contribution in [2.75, 3.05) is 43.4 Å². The van der Waals surface area contributed by atoms with Crippen molar-refractivity contribution in [2.24, 2.45) is 4.99 Å². The van der Waals surface area contributed by atoms with Gasteiger partial charge in [-0.1, -0.05) is 30.3 Å². The van der Waals surface area contributed by atoms with Gasteiger partial charge in [-0.3, -0.25) is 14.1 Å². The van der Waals surface area contributed by atoms with Crippen molar-refractivity contribution in [3.8, 4) is 11.3 Å². The van der Waals surface area contributed by atoms with Gasteiger partial charge < -0.3 is 16.0 Å². The molecular formula is C25H25N7OS. The summed E-state index contributed by atoms with van der Waals surface area (Å²) < 4.78 is 2.13. The fourth-order valence-electron chi connectivity index (χ4n) is 4.42. The van der Waals surface area contributed by atoms with Crippen LogP contribution in [-0.4, -0.2) is 58.6 Å². The van der Waals surface area contributed by atoms with Gasteiger partial charge in [0.25, 0.3) is 5.91 Å². The van der Waals surface area contributed by atoms with Gasteiger partial charge in [-0.2, -0.15) is 0 Å². The van der Waals surface area contributed by atoms with Gasteiger partial charge in [-0.05, 0) is 18.2 Å². The molecule has 0 unspecified atom stereocenters. The zero-order valence-electron chi connectivity index (χ0n) is 18.6. The second-order valence-corrected chi connectivity index (χ2v) is 9.30. The van der Waals surface area contributed by atoms with Crippen LogP contribution in [0.5, 0.6) is 0 Å². The van der Waals surface area contributed by atoms with Gasteiger partial charge in [-0.25, -0.2) is 9.98 Å². The molecule has 0 saturated carbocycles. The molecule has 9 heteroatoms. The van der Waals surface area contributed by atoms with Crippen molar-refractivity contribution in [1.29, 1.82) is 0 Å². The van der Waals surface area contributed by atoms with E-state index in [-0.39, 0.29) is 5.91 Å². The van der Waals surface area contributed by atoms with Crippen molar-refractivity contribution < 1.29 is 4.79 Å². The van der Waals surface area contributed by atoms with Crippen LogP contribution in [0.1, 0.15) is 5.69 Å². The number of nitrogens with zero attached hydrogens (tertiary/aromatic N) is 4. The van der Waals surface area contributed by atoms with Gasteiger partial charge in [-0.15, -0.1) is 11.3 Å². The number of carbonyl (C=O) groups is 1. The lowest BCUT2D eigenvalue weighted by Crippen LogP contribution is -2.42. The molecule has 0 bridgehead atoms. The molecule has 2 aromatic heterocycles. The molecule has 8 nitrogen and oxygen atoms in total. The third-order valence-electron chi connectivity index (χ3n) is 6.17. The van der Waals surface area contributed by atoms with Crippen LogP contribution >= 0.6 is 11.3 Å². The fraction of sp³-hybridized carbons (Fsp3) is 0.240. The lowest BCUT2D eigenvalue weighted by molar-refractivity contribution is -0.110. The van der Waals surface area contributed by atoms with Gasteiger partial charge in [0.15, 0.2) is 4.96 Å². The van der Waals surface area contributed by atoms with E-state index in [1.807, 2.05) is 48.5 Å². The number of aliphatic imine (C=N–C) groups is 1. The Balaban J connectivity index is 1.26. The van der Waals surface area contributed by atoms with Crippen molar-refractivity contribution in [3.63, 3.8) is 0 Å². The monoisotopic (exact) mass is 471 g/mol. The second kappa shape index (κ2) is 9.02. The van der Waals surface area contributed by atoms with Crippen LogP contribution in [0.3, 0.4) is 0 Å². The van der Waals surface area contributed by atoms with E-state index >= 15 is 0 Å². The first kappa shape index (κ1) is 21.0. The van der Waals surface area contributed by atoms with Crippen LogP contribution in [0.2, 0.25) is 0 Å². The zero-order chi connectivity index (χ0) is 22.9. The van der Waals surface area contributed by atoms with Gasteiger partial charge in [0.1, 0.15) is 5.71 Å². The Hall–Kier alpha value is -3.53. The number of hydrogen-bond donors (Lipinski definition) is 3. The summed E-state index contributed by atoms with van der Waals surface area (Å²) >= 11 is 1.61. The predicted octanol–water partition coefficient (Wildman–Crippen LogP) is 3.60. The topological polar surface area (TPSA) is 86.1 Å². The largest absolute Gasteiger partial charge is 0.377 e. The Morgan fingerprint density at radius 3 is 2.82 bits per heavy atom. The van der Waals surface area contributed by atoms with E-state index in [9.17, 15) is 4.79 Å². The molecule has 0 aliphatic carbocycles. The third-order valence-corrected chi connectivity index (χ3v) is 7.01. The Bertz CT molecular complexity index is 1380. The van der Waals surface area contributed by atoms with Gasteiger partial charge in [0, 0.05) is 49.9 Å². The maximum Gasteiger partial charge on any atom is 0.271 e. The number of aromatic nitrogens is 2. The number of amides is 1. The minimum absolute atomic E-state index is 0.203. The molecular weight excluding hydrogens is 446 g/mol. The molecule has 4 aromatic rings. The zero-order valence-corrected chi connectivity index (χ0v) is 19.4. The average Bonchev–Trinajstić information content (AvgIpc) is 3.45. The highest BCUT2D eigenvalue weighted by molar-refractivity contribution is 7.15. The van der Waals surface area contributed by atoms with Crippen LogP contribution in [0.25, 0.3) is 16.2 Å². The molecule has 172 valence electrons. The Morgan fingerprint density at radius 2 is 1.91 bits per heavy atom. The van der Waals surface area contributed by atoms with Crippen LogP contribution < -0.4 is 16.0 Å². The Morgan fingerprint density at radius 1 is 1.09 bits per heavy atom. The van der Waals surface area contributed by atoms with E-state index < -0.39 is 0 Å². The highest BCUT2D eigenvalue weighted by Gasteiger charge is 2.20. The summed E-state index contributed by atoms with van der Waals surface area (Å²) in [6, 6.07) is 15.6. The van der Waals surface area contributed by atoms with Gasteiger partial charge in [0.2, 0.25) is 0 Å². The fourth-order valence-corrected chi connectivity index (χ4v) is 5.32. The molecule has 2 aromatic carbocycles. The lowest BCUT2D eigenvalue weighted by Gasteiger charge is -2.26. The molecule has 2 aliphatic heterocycles. The molecule has 0 atom stereocenters. The van der Waals surface area contributed by atoms with Crippen molar-refractivity contribution in [1.82, 2.24) is 19.6 Å². The number of rotatable bonds is 5. The maximum atomic E-state index is 13.1. The molecule has 1 amide bonds. The maximum absolute atomic E-state index is 13.1. The molecule has 6 rings (SSSR count). The van der Waals surface area contributed by atoms with E-state index in [4.69, 9.17) is 4.98 Å². The number of hydrogen-bond acceptors (Lipinski definition) is 7. The second-order valence-electron chi connectivity index (χ2n) is 8.46. The molecule has 0 radical (unpaired) electrons. The van der Waals surface area contributed by atoms with Crippen LogP contribution in [0.15, 0.2) is 65.1 Å². The van der Waals surface area contributed by atoms with Gasteiger partial charge in [0.05, 0.1) is 35.0 Å². The molecule has 1 saturated heterocycles. The summed E-state index contributed by atoms with van der Waals surface area (Å²) in [6.07, 6.45) is 2.12. The van der Waals surface area contributed by atoms with Crippen molar-refractivity contribution in [3.05, 3.63) is 65.8 Å². The third kappa shape index (κ3) is 4.09. The first-order valence-electron chi connectivity index (χ1n) is 11.4. The quantitative estimate of drug-likeness (QED) is 0.414. The van der Waals surface area contributed by atoms with Crippen LogP contribution in [0.4, 0.5) is 17.1 Å². The summed E-state index contributed by atoms with van der Waals surface area (Å²) in [7, 11) is 0. The highest BCUT2D eigenvalue weighted by atomic mass is 32.1. The summed E-state index contributed by atoms with van der Waals surface area (Å²) in [4.78, 5) is 25.9. The summed E-state index contributed by atoms with van der Waals surface area (Å²) in [5.41, 5.74) is 5.98. The predicted molar refractivity (Wildman–Crippen MR) is 137 cm³/mol. The summed E-state index contributed by atoms with van der Waals surface area (Å²) in [6.45, 7) is 5.36. The molecule has 34 heavy (non-hydrogen) atoms. The van der Waals surface area contributed by atoms with E-state index in [0.29, 0.717) is 12.3 Å². The molecule has 4 heterocycles. The number of anilines is 2. The smallest absolute Gasteiger partial charge is 0.271 e. The first-order chi connectivity index (χ1) is 16.7. The van der Waals surface area contributed by atoms with Crippen LogP contribution in [-0.2, 0) is 11.3 Å². The first-order valence-corrected chi connectivity index (χ1v) is 12.3. The minimum atomic E-state index is -0.203. The number of nitrogens with one attached hydrogen (secondary N) is 3. The molecule has 1 fully saturated rings. The number of piperazine rings is 1. The van der Waals surface area contributed by atoms with Gasteiger partial charge >= 0.3 is 0 Å². The van der Waals surface area contributed by atoms with E-state index in [1.165, 1.54) is 0 Å². The highest BCUT2D eigenvalue weighted by Crippen LogP contribution is 2.33. The summed E-state index contributed by atoms with van der Waals surface area (Å²) in [5.74, 6) is -0.203. The Kier molecular flexibility index (Phi) is 5.58. The number of benzene rings is 2. The van der Waals surface area contributed by atoms with Crippen molar-refractivity contribution in [2.45, 2.75) is 6.54 Å². The summed E-state index contributed by atoms with van der Waals surface area (Å²) in [5, 5.41) is 11.8. The normalized spacial score (nSPS) is 16.1.